The summed E-state index contributed by atoms with van der Waals surface area (Å²) in [5.41, 5.74) is -0.524. The minimum absolute atomic E-state index is 0.467. The second-order valence-electron chi connectivity index (χ2n) is 4.95. The molecule has 2 atom stereocenters. The summed E-state index contributed by atoms with van der Waals surface area (Å²) < 4.78 is 40.3. The first-order chi connectivity index (χ1) is 9.81. The van der Waals surface area contributed by atoms with Crippen LogP contribution in [-0.2, 0) is 10.0 Å². The van der Waals surface area contributed by atoms with Crippen LogP contribution in [0.5, 0.6) is 0 Å². The van der Waals surface area contributed by atoms with E-state index in [1.54, 1.807) is 0 Å². The molecule has 21 heavy (non-hydrogen) atoms. The zero-order valence-corrected chi connectivity index (χ0v) is 11.8. The monoisotopic (exact) mass is 318 g/mol. The van der Waals surface area contributed by atoms with E-state index in [0.29, 0.717) is 18.9 Å². The van der Waals surface area contributed by atoms with Gasteiger partial charge >= 0.3 is 0 Å². The minimum Gasteiger partial charge on any atom is -0.391 e. The first-order valence-electron chi connectivity index (χ1n) is 6.45. The first kappa shape index (κ1) is 15.8. The van der Waals surface area contributed by atoms with E-state index in [2.05, 4.69) is 4.72 Å². The van der Waals surface area contributed by atoms with Gasteiger partial charge in [0.05, 0.1) is 17.1 Å². The Balaban J connectivity index is 2.25. The highest BCUT2D eigenvalue weighted by atomic mass is 32.2. The van der Waals surface area contributed by atoms with Gasteiger partial charge in [-0.2, -0.15) is 0 Å². The summed E-state index contributed by atoms with van der Waals surface area (Å²) >= 11 is 0. The lowest BCUT2D eigenvalue weighted by atomic mass is 9.93. The van der Waals surface area contributed by atoms with Crippen LogP contribution in [-0.4, -0.2) is 30.6 Å². The average Bonchev–Trinajstić information content (AvgIpc) is 2.40. The Labute approximate surface area is 121 Å². The summed E-state index contributed by atoms with van der Waals surface area (Å²) in [5.74, 6) is -1.19. The van der Waals surface area contributed by atoms with Crippen molar-refractivity contribution in [2.45, 2.75) is 42.7 Å². The molecule has 0 amide bonds. The fourth-order valence-electron chi connectivity index (χ4n) is 2.33. The fourth-order valence-corrected chi connectivity index (χ4v) is 3.70. The highest BCUT2D eigenvalue weighted by molar-refractivity contribution is 7.89. The van der Waals surface area contributed by atoms with Gasteiger partial charge < -0.3 is 5.11 Å². The van der Waals surface area contributed by atoms with E-state index in [1.807, 2.05) is 0 Å². The van der Waals surface area contributed by atoms with E-state index >= 15 is 0 Å². The second-order valence-corrected chi connectivity index (χ2v) is 6.63. The third-order valence-electron chi connectivity index (χ3n) is 3.45. The average molecular weight is 318 g/mol. The Hall–Kier alpha value is -1.58. The molecule has 116 valence electrons. The molecule has 0 spiro atoms. The van der Waals surface area contributed by atoms with Crippen LogP contribution in [0.25, 0.3) is 0 Å². The summed E-state index contributed by atoms with van der Waals surface area (Å²) in [6, 6.07) is 1.67. The Morgan fingerprint density at radius 1 is 1.33 bits per heavy atom. The summed E-state index contributed by atoms with van der Waals surface area (Å²) in [4.78, 5) is 9.05. The molecule has 0 aromatic heterocycles. The molecular formula is C12H15FN2O5S. The molecule has 9 heteroatoms. The largest absolute Gasteiger partial charge is 0.391 e. The fraction of sp³-hybridized carbons (Fsp3) is 0.500. The zero-order chi connectivity index (χ0) is 15.6. The normalized spacial score (nSPS) is 23.0. The van der Waals surface area contributed by atoms with Crippen molar-refractivity contribution in [1.29, 1.82) is 0 Å². The molecule has 2 N–H and O–H groups in total. The van der Waals surface area contributed by atoms with Crippen LogP contribution in [0.3, 0.4) is 0 Å². The van der Waals surface area contributed by atoms with Crippen molar-refractivity contribution >= 4 is 15.7 Å². The van der Waals surface area contributed by atoms with E-state index in [9.17, 15) is 28.0 Å². The molecule has 1 aliphatic rings. The molecule has 1 saturated carbocycles. The predicted octanol–water partition coefficient (Wildman–Crippen LogP) is 1.32. The number of nitrogens with one attached hydrogen (secondary N) is 1. The smallest absolute Gasteiger partial charge is 0.272 e. The van der Waals surface area contributed by atoms with Crippen LogP contribution < -0.4 is 4.72 Å². The molecule has 0 heterocycles. The second kappa shape index (κ2) is 6.04. The van der Waals surface area contributed by atoms with Gasteiger partial charge in [-0.05, 0) is 18.9 Å². The zero-order valence-electron chi connectivity index (χ0n) is 11.0. The molecule has 1 aromatic carbocycles. The van der Waals surface area contributed by atoms with Crippen LogP contribution in [0.15, 0.2) is 23.1 Å². The lowest BCUT2D eigenvalue weighted by Gasteiger charge is -2.28. The van der Waals surface area contributed by atoms with Crippen molar-refractivity contribution in [2.24, 2.45) is 0 Å². The van der Waals surface area contributed by atoms with Gasteiger partial charge in [0, 0.05) is 12.1 Å². The Morgan fingerprint density at radius 3 is 2.57 bits per heavy atom. The van der Waals surface area contributed by atoms with Gasteiger partial charge in [0.25, 0.3) is 5.69 Å². The van der Waals surface area contributed by atoms with Gasteiger partial charge in [0.15, 0.2) is 0 Å². The summed E-state index contributed by atoms with van der Waals surface area (Å²) in [6.45, 7) is 0. The van der Waals surface area contributed by atoms with Gasteiger partial charge in [0.1, 0.15) is 10.7 Å². The van der Waals surface area contributed by atoms with Gasteiger partial charge in [-0.15, -0.1) is 0 Å². The van der Waals surface area contributed by atoms with E-state index < -0.39 is 43.5 Å². The molecule has 7 nitrogen and oxygen atoms in total. The topological polar surface area (TPSA) is 110 Å². The van der Waals surface area contributed by atoms with E-state index in [0.717, 1.165) is 25.0 Å². The Bertz CT molecular complexity index is 649. The van der Waals surface area contributed by atoms with Gasteiger partial charge in [-0.3, -0.25) is 10.1 Å². The summed E-state index contributed by atoms with van der Waals surface area (Å²) in [5, 5.41) is 20.3. The number of nitro groups is 1. The number of benzene rings is 1. The Morgan fingerprint density at radius 2 is 2.00 bits per heavy atom. The number of nitro benzene ring substituents is 1. The van der Waals surface area contributed by atoms with Crippen LogP contribution >= 0.6 is 0 Å². The number of aliphatic hydroxyl groups is 1. The number of aliphatic hydroxyl groups excluding tert-OH is 1. The standard InChI is InChI=1S/C12H15FN2O5S/c13-9-7-8(15(17)18)5-6-12(9)21(19,20)14-10-3-1-2-4-11(10)16/h5-7,10-11,14,16H,1-4H2/t10-,11-/m1/s1. The molecule has 1 aliphatic carbocycles. The molecule has 0 aliphatic heterocycles. The maximum atomic E-state index is 13.8. The number of sulfonamides is 1. The maximum Gasteiger partial charge on any atom is 0.272 e. The van der Waals surface area contributed by atoms with Crippen molar-refractivity contribution in [3.8, 4) is 0 Å². The first-order valence-corrected chi connectivity index (χ1v) is 7.94. The lowest BCUT2D eigenvalue weighted by molar-refractivity contribution is -0.385. The molecule has 0 unspecified atom stereocenters. The van der Waals surface area contributed by atoms with Crippen LogP contribution in [0, 0.1) is 15.9 Å². The molecule has 0 bridgehead atoms. The van der Waals surface area contributed by atoms with Crippen LogP contribution in [0.2, 0.25) is 0 Å². The van der Waals surface area contributed by atoms with Crippen molar-refractivity contribution in [2.75, 3.05) is 0 Å². The third kappa shape index (κ3) is 3.55. The predicted molar refractivity (Wildman–Crippen MR) is 71.6 cm³/mol. The highest BCUT2D eigenvalue weighted by Crippen LogP contribution is 2.23. The molecule has 0 saturated heterocycles. The molecular weight excluding hydrogens is 303 g/mol. The molecule has 1 aromatic rings. The summed E-state index contributed by atoms with van der Waals surface area (Å²) in [6.07, 6.45) is 1.72. The van der Waals surface area contributed by atoms with Crippen molar-refractivity contribution < 1.29 is 22.8 Å². The minimum atomic E-state index is -4.17. The number of halogens is 1. The number of hydrogen-bond acceptors (Lipinski definition) is 5. The van der Waals surface area contributed by atoms with Crippen molar-refractivity contribution in [1.82, 2.24) is 4.72 Å². The van der Waals surface area contributed by atoms with Gasteiger partial charge in [-0.1, -0.05) is 12.8 Å². The number of rotatable bonds is 4. The third-order valence-corrected chi connectivity index (χ3v) is 4.97. The van der Waals surface area contributed by atoms with Gasteiger partial charge in [0.2, 0.25) is 10.0 Å². The van der Waals surface area contributed by atoms with Crippen molar-refractivity contribution in [3.63, 3.8) is 0 Å². The maximum absolute atomic E-state index is 13.8. The molecule has 0 radical (unpaired) electrons. The SMILES string of the molecule is O=[N+]([O-])c1ccc(S(=O)(=O)N[C@@H]2CCCC[C@H]2O)c(F)c1. The lowest BCUT2D eigenvalue weighted by Crippen LogP contribution is -2.45. The Kier molecular flexibility index (Phi) is 4.55. The summed E-state index contributed by atoms with van der Waals surface area (Å²) in [7, 11) is -4.17. The number of non-ortho nitro benzene ring substituents is 1. The molecule has 2 rings (SSSR count). The highest BCUT2D eigenvalue weighted by Gasteiger charge is 2.30. The number of nitrogens with zero attached hydrogens (tertiary/aromatic N) is 1. The van der Waals surface area contributed by atoms with E-state index in [1.165, 1.54) is 0 Å². The number of hydrogen-bond donors (Lipinski definition) is 2. The van der Waals surface area contributed by atoms with E-state index in [-0.39, 0.29) is 0 Å². The van der Waals surface area contributed by atoms with Gasteiger partial charge in [-0.25, -0.2) is 17.5 Å². The quantitative estimate of drug-likeness (QED) is 0.642. The van der Waals surface area contributed by atoms with E-state index in [4.69, 9.17) is 0 Å². The van der Waals surface area contributed by atoms with Crippen LogP contribution in [0.1, 0.15) is 25.7 Å². The molecule has 1 fully saturated rings. The van der Waals surface area contributed by atoms with Crippen LogP contribution in [0.4, 0.5) is 10.1 Å². The van der Waals surface area contributed by atoms with Crippen molar-refractivity contribution in [3.05, 3.63) is 34.1 Å².